The largest absolute Gasteiger partial charge is 0.478 e. The van der Waals surface area contributed by atoms with Crippen LogP contribution in [-0.4, -0.2) is 35.0 Å². The lowest BCUT2D eigenvalue weighted by Crippen LogP contribution is -2.33. The molecule has 0 aliphatic rings. The number of amides is 1. The van der Waals surface area contributed by atoms with E-state index in [4.69, 9.17) is 5.11 Å². The zero-order valence-electron chi connectivity index (χ0n) is 15.0. The van der Waals surface area contributed by atoms with Gasteiger partial charge in [0.15, 0.2) is 0 Å². The molecule has 132 valence electrons. The number of hydrogen-bond donors (Lipinski definition) is 2. The number of anilines is 1. The Labute approximate surface area is 148 Å². The fourth-order valence-electron chi connectivity index (χ4n) is 2.41. The summed E-state index contributed by atoms with van der Waals surface area (Å²) in [5.41, 5.74) is 3.55. The summed E-state index contributed by atoms with van der Waals surface area (Å²) in [5.74, 6) is -0.953. The minimum absolute atomic E-state index is 0.0102. The van der Waals surface area contributed by atoms with Crippen molar-refractivity contribution in [1.82, 2.24) is 4.90 Å². The molecule has 0 fully saturated rings. The SMILES string of the molecule is Cc1ccc(NCc2cccc(C(=O)O)c2)cc1C(=O)N(C)C(C)C. The van der Waals surface area contributed by atoms with Crippen molar-refractivity contribution < 1.29 is 14.7 Å². The molecule has 0 radical (unpaired) electrons. The Morgan fingerprint density at radius 1 is 1.16 bits per heavy atom. The highest BCUT2D eigenvalue weighted by atomic mass is 16.4. The van der Waals surface area contributed by atoms with E-state index in [1.54, 1.807) is 30.1 Å². The number of carbonyl (C=O) groups excluding carboxylic acids is 1. The summed E-state index contributed by atoms with van der Waals surface area (Å²) >= 11 is 0. The minimum Gasteiger partial charge on any atom is -0.478 e. The molecule has 2 aromatic rings. The van der Waals surface area contributed by atoms with Crippen molar-refractivity contribution in [1.29, 1.82) is 0 Å². The lowest BCUT2D eigenvalue weighted by atomic mass is 10.1. The summed E-state index contributed by atoms with van der Waals surface area (Å²) < 4.78 is 0. The highest BCUT2D eigenvalue weighted by molar-refractivity contribution is 5.96. The van der Waals surface area contributed by atoms with Gasteiger partial charge in [-0.05, 0) is 56.2 Å². The van der Waals surface area contributed by atoms with E-state index >= 15 is 0 Å². The van der Waals surface area contributed by atoms with Crippen LogP contribution in [0.5, 0.6) is 0 Å². The van der Waals surface area contributed by atoms with Gasteiger partial charge in [0.1, 0.15) is 0 Å². The fraction of sp³-hybridized carbons (Fsp3) is 0.300. The standard InChI is InChI=1S/C20H24N2O3/c1-13(2)22(4)19(23)18-11-17(9-8-14(18)3)21-12-15-6-5-7-16(10-15)20(24)25/h5-11,13,21H,12H2,1-4H3,(H,24,25). The predicted molar refractivity (Wildman–Crippen MR) is 99.1 cm³/mol. The number of aromatic carboxylic acids is 1. The molecule has 5 heteroatoms. The Balaban J connectivity index is 2.16. The van der Waals surface area contributed by atoms with Crippen molar-refractivity contribution >= 4 is 17.6 Å². The van der Waals surface area contributed by atoms with Crippen molar-refractivity contribution in [3.63, 3.8) is 0 Å². The van der Waals surface area contributed by atoms with Gasteiger partial charge in [-0.25, -0.2) is 4.79 Å². The van der Waals surface area contributed by atoms with Crippen LogP contribution in [0.15, 0.2) is 42.5 Å². The molecule has 0 spiro atoms. The molecule has 0 atom stereocenters. The lowest BCUT2D eigenvalue weighted by molar-refractivity contribution is 0.0695. The smallest absolute Gasteiger partial charge is 0.335 e. The van der Waals surface area contributed by atoms with Crippen molar-refractivity contribution in [3.05, 3.63) is 64.7 Å². The number of nitrogens with zero attached hydrogens (tertiary/aromatic N) is 1. The quantitative estimate of drug-likeness (QED) is 0.839. The molecular weight excluding hydrogens is 316 g/mol. The van der Waals surface area contributed by atoms with Gasteiger partial charge in [0.2, 0.25) is 0 Å². The summed E-state index contributed by atoms with van der Waals surface area (Å²) in [7, 11) is 1.80. The van der Waals surface area contributed by atoms with Crippen molar-refractivity contribution in [2.45, 2.75) is 33.4 Å². The monoisotopic (exact) mass is 340 g/mol. The van der Waals surface area contributed by atoms with Gasteiger partial charge in [-0.3, -0.25) is 4.79 Å². The third kappa shape index (κ3) is 4.59. The maximum atomic E-state index is 12.6. The Hall–Kier alpha value is -2.82. The average Bonchev–Trinajstić information content (AvgIpc) is 2.59. The molecule has 25 heavy (non-hydrogen) atoms. The molecule has 1 amide bonds. The van der Waals surface area contributed by atoms with Gasteiger partial charge in [0, 0.05) is 30.9 Å². The van der Waals surface area contributed by atoms with E-state index in [0.29, 0.717) is 12.1 Å². The van der Waals surface area contributed by atoms with Gasteiger partial charge in [0.05, 0.1) is 5.56 Å². The lowest BCUT2D eigenvalue weighted by Gasteiger charge is -2.22. The molecule has 2 rings (SSSR count). The first-order valence-electron chi connectivity index (χ1n) is 8.23. The second-order valence-electron chi connectivity index (χ2n) is 6.40. The molecule has 2 aromatic carbocycles. The van der Waals surface area contributed by atoms with E-state index in [0.717, 1.165) is 16.8 Å². The van der Waals surface area contributed by atoms with Crippen LogP contribution in [0.4, 0.5) is 5.69 Å². The zero-order valence-corrected chi connectivity index (χ0v) is 15.0. The van der Waals surface area contributed by atoms with E-state index < -0.39 is 5.97 Å². The Morgan fingerprint density at radius 2 is 1.88 bits per heavy atom. The van der Waals surface area contributed by atoms with E-state index in [-0.39, 0.29) is 17.5 Å². The average molecular weight is 340 g/mol. The van der Waals surface area contributed by atoms with Crippen LogP contribution < -0.4 is 5.32 Å². The Bertz CT molecular complexity index is 784. The summed E-state index contributed by atoms with van der Waals surface area (Å²) in [4.78, 5) is 25.3. The second kappa shape index (κ2) is 7.83. The first kappa shape index (κ1) is 18.5. The molecule has 0 aliphatic carbocycles. The molecule has 0 saturated carbocycles. The van der Waals surface area contributed by atoms with Gasteiger partial charge in [-0.1, -0.05) is 18.2 Å². The van der Waals surface area contributed by atoms with Crippen LogP contribution in [0, 0.1) is 6.92 Å². The molecule has 0 saturated heterocycles. The number of carboxylic acid groups (broad SMARTS) is 1. The highest BCUT2D eigenvalue weighted by Gasteiger charge is 2.16. The van der Waals surface area contributed by atoms with E-state index in [1.165, 1.54) is 0 Å². The van der Waals surface area contributed by atoms with Crippen LogP contribution in [0.2, 0.25) is 0 Å². The van der Waals surface area contributed by atoms with Gasteiger partial charge in [-0.2, -0.15) is 0 Å². The number of rotatable bonds is 6. The first-order valence-corrected chi connectivity index (χ1v) is 8.23. The molecule has 0 heterocycles. The van der Waals surface area contributed by atoms with E-state index in [2.05, 4.69) is 5.32 Å². The topological polar surface area (TPSA) is 69.6 Å². The van der Waals surface area contributed by atoms with Gasteiger partial charge in [0.25, 0.3) is 5.91 Å². The third-order valence-corrected chi connectivity index (χ3v) is 4.23. The minimum atomic E-state index is -0.943. The summed E-state index contributed by atoms with van der Waals surface area (Å²) in [5, 5.41) is 12.3. The molecule has 0 aliphatic heterocycles. The van der Waals surface area contributed by atoms with Crippen LogP contribution in [0.25, 0.3) is 0 Å². The highest BCUT2D eigenvalue weighted by Crippen LogP contribution is 2.19. The number of carboxylic acids is 1. The first-order chi connectivity index (χ1) is 11.8. The summed E-state index contributed by atoms with van der Waals surface area (Å²) in [6, 6.07) is 12.6. The number of nitrogens with one attached hydrogen (secondary N) is 1. The van der Waals surface area contributed by atoms with Crippen LogP contribution in [0.1, 0.15) is 45.7 Å². The summed E-state index contributed by atoms with van der Waals surface area (Å²) in [6.07, 6.45) is 0. The fourth-order valence-corrected chi connectivity index (χ4v) is 2.41. The van der Waals surface area contributed by atoms with Crippen molar-refractivity contribution in [3.8, 4) is 0 Å². The van der Waals surface area contributed by atoms with Gasteiger partial charge >= 0.3 is 5.97 Å². The Kier molecular flexibility index (Phi) is 5.80. The third-order valence-electron chi connectivity index (χ3n) is 4.23. The number of aryl methyl sites for hydroxylation is 1. The van der Waals surface area contributed by atoms with Gasteiger partial charge in [-0.15, -0.1) is 0 Å². The maximum Gasteiger partial charge on any atom is 0.335 e. The van der Waals surface area contributed by atoms with E-state index in [9.17, 15) is 9.59 Å². The molecule has 2 N–H and O–H groups in total. The molecule has 5 nitrogen and oxygen atoms in total. The number of benzene rings is 2. The number of hydrogen-bond acceptors (Lipinski definition) is 3. The second-order valence-corrected chi connectivity index (χ2v) is 6.40. The molecule has 0 unspecified atom stereocenters. The molecular formula is C20H24N2O3. The molecule has 0 bridgehead atoms. The van der Waals surface area contributed by atoms with Crippen LogP contribution in [-0.2, 0) is 6.54 Å². The maximum absolute atomic E-state index is 12.6. The Morgan fingerprint density at radius 3 is 2.52 bits per heavy atom. The normalized spacial score (nSPS) is 10.6. The number of carbonyl (C=O) groups is 2. The summed E-state index contributed by atoms with van der Waals surface area (Å²) in [6.45, 7) is 6.36. The van der Waals surface area contributed by atoms with E-state index in [1.807, 2.05) is 45.0 Å². The zero-order chi connectivity index (χ0) is 18.6. The predicted octanol–water partition coefficient (Wildman–Crippen LogP) is 3.79. The van der Waals surface area contributed by atoms with Crippen LogP contribution in [0.3, 0.4) is 0 Å². The van der Waals surface area contributed by atoms with Crippen molar-refractivity contribution in [2.24, 2.45) is 0 Å². The van der Waals surface area contributed by atoms with Crippen molar-refractivity contribution in [2.75, 3.05) is 12.4 Å². The van der Waals surface area contributed by atoms with Crippen LogP contribution >= 0.6 is 0 Å². The van der Waals surface area contributed by atoms with Gasteiger partial charge < -0.3 is 15.3 Å². The molecule has 0 aromatic heterocycles.